The maximum atomic E-state index is 13.2. The summed E-state index contributed by atoms with van der Waals surface area (Å²) in [6, 6.07) is 16.2. The summed E-state index contributed by atoms with van der Waals surface area (Å²) in [5.41, 5.74) is 5.05. The minimum absolute atomic E-state index is 0.115. The van der Waals surface area contributed by atoms with Crippen LogP contribution in [0, 0.1) is 12.7 Å². The summed E-state index contributed by atoms with van der Waals surface area (Å²) in [5, 5.41) is 4.92. The average Bonchev–Trinajstić information content (AvgIpc) is 3.17. The van der Waals surface area contributed by atoms with E-state index < -0.39 is 0 Å². The second-order valence-corrected chi connectivity index (χ2v) is 7.09. The van der Waals surface area contributed by atoms with Crippen LogP contribution in [0.3, 0.4) is 0 Å². The van der Waals surface area contributed by atoms with Gasteiger partial charge in [-0.1, -0.05) is 42.0 Å². The van der Waals surface area contributed by atoms with Crippen LogP contribution in [-0.4, -0.2) is 19.2 Å². The van der Waals surface area contributed by atoms with Gasteiger partial charge in [0.1, 0.15) is 5.82 Å². The van der Waals surface area contributed by atoms with Crippen LogP contribution in [0.15, 0.2) is 78.0 Å². The van der Waals surface area contributed by atoms with Crippen LogP contribution in [0.25, 0.3) is 27.7 Å². The van der Waals surface area contributed by atoms with Gasteiger partial charge in [0.25, 0.3) is 5.56 Å². The normalized spacial score (nSPS) is 11.4. The first-order valence-electron chi connectivity index (χ1n) is 9.27. The van der Waals surface area contributed by atoms with E-state index in [2.05, 4.69) is 10.1 Å². The Morgan fingerprint density at radius 1 is 0.966 bits per heavy atom. The molecule has 0 aliphatic carbocycles. The zero-order chi connectivity index (χ0) is 20.0. The number of hydrogen-bond donors (Lipinski definition) is 0. The molecule has 0 saturated carbocycles. The van der Waals surface area contributed by atoms with Gasteiger partial charge in [-0.2, -0.15) is 5.10 Å². The van der Waals surface area contributed by atoms with E-state index in [1.54, 1.807) is 39.8 Å². The Hall–Kier alpha value is -3.80. The first-order valence-corrected chi connectivity index (χ1v) is 9.27. The van der Waals surface area contributed by atoms with Gasteiger partial charge in [-0.05, 0) is 36.2 Å². The lowest BCUT2D eigenvalue weighted by molar-refractivity contribution is 0.628. The highest BCUT2D eigenvalue weighted by Crippen LogP contribution is 2.25. The summed E-state index contributed by atoms with van der Waals surface area (Å²) in [6.07, 6.45) is 5.06. The van der Waals surface area contributed by atoms with Crippen molar-refractivity contribution in [3.8, 4) is 11.1 Å². The van der Waals surface area contributed by atoms with E-state index >= 15 is 0 Å². The summed E-state index contributed by atoms with van der Waals surface area (Å²) in [7, 11) is 0. The number of hydrogen-bond acceptors (Lipinski definition) is 3. The van der Waals surface area contributed by atoms with Crippen molar-refractivity contribution < 1.29 is 4.39 Å². The number of benzene rings is 2. The van der Waals surface area contributed by atoms with Crippen molar-refractivity contribution in [2.75, 3.05) is 0 Å². The Bertz CT molecular complexity index is 1400. The molecule has 29 heavy (non-hydrogen) atoms. The van der Waals surface area contributed by atoms with Crippen molar-refractivity contribution in [1.29, 1.82) is 0 Å². The van der Waals surface area contributed by atoms with E-state index in [-0.39, 0.29) is 11.4 Å². The topological polar surface area (TPSA) is 52.2 Å². The molecule has 0 N–H and O–H groups in total. The predicted molar refractivity (Wildman–Crippen MR) is 110 cm³/mol. The number of halogens is 1. The SMILES string of the molecule is Cc1ccc(Cn2ccc3c(cnc4c(-c5ccc(F)cc5)cnn43)c2=O)cc1. The summed E-state index contributed by atoms with van der Waals surface area (Å²) < 4.78 is 16.6. The van der Waals surface area contributed by atoms with Crippen LogP contribution in [0.4, 0.5) is 4.39 Å². The van der Waals surface area contributed by atoms with Crippen LogP contribution in [0.2, 0.25) is 0 Å². The molecular formula is C23H17FN4O. The van der Waals surface area contributed by atoms with Crippen molar-refractivity contribution in [2.45, 2.75) is 13.5 Å². The molecule has 3 aromatic heterocycles. The van der Waals surface area contributed by atoms with Gasteiger partial charge < -0.3 is 4.57 Å². The lowest BCUT2D eigenvalue weighted by Gasteiger charge is -2.09. The fourth-order valence-electron chi connectivity index (χ4n) is 3.50. The third-order valence-corrected chi connectivity index (χ3v) is 5.10. The molecule has 5 rings (SSSR count). The fraction of sp³-hybridized carbons (Fsp3) is 0.0870. The number of pyridine rings is 1. The molecule has 0 aliphatic heterocycles. The average molecular weight is 384 g/mol. The summed E-state index contributed by atoms with van der Waals surface area (Å²) in [5.74, 6) is -0.294. The summed E-state index contributed by atoms with van der Waals surface area (Å²) in [4.78, 5) is 17.5. The minimum Gasteiger partial charge on any atom is -0.310 e. The van der Waals surface area contributed by atoms with E-state index in [0.717, 1.165) is 16.7 Å². The molecule has 0 amide bonds. The van der Waals surface area contributed by atoms with Gasteiger partial charge in [-0.25, -0.2) is 13.9 Å². The maximum absolute atomic E-state index is 13.2. The lowest BCUT2D eigenvalue weighted by atomic mass is 10.1. The standard InChI is InChI=1S/C23H17FN4O/c1-15-2-4-16(5-3-15)14-27-11-10-21-20(23(27)29)12-25-22-19(13-26-28(21)22)17-6-8-18(24)9-7-17/h2-13H,14H2,1H3. The van der Waals surface area contributed by atoms with Gasteiger partial charge in [0.15, 0.2) is 5.65 Å². The van der Waals surface area contributed by atoms with Crippen LogP contribution in [0.5, 0.6) is 0 Å². The Labute approximate surface area is 165 Å². The predicted octanol–water partition coefficient (Wildman–Crippen LogP) is 4.21. The third-order valence-electron chi connectivity index (χ3n) is 5.10. The van der Waals surface area contributed by atoms with Crippen LogP contribution < -0.4 is 5.56 Å². The maximum Gasteiger partial charge on any atom is 0.261 e. The molecular weight excluding hydrogens is 367 g/mol. The van der Waals surface area contributed by atoms with Crippen molar-refractivity contribution in [2.24, 2.45) is 0 Å². The Balaban J connectivity index is 1.61. The van der Waals surface area contributed by atoms with E-state index in [1.165, 1.54) is 17.7 Å². The van der Waals surface area contributed by atoms with E-state index in [9.17, 15) is 9.18 Å². The molecule has 2 aromatic carbocycles. The molecule has 0 spiro atoms. The van der Waals surface area contributed by atoms with Gasteiger partial charge in [0.05, 0.1) is 23.6 Å². The zero-order valence-corrected chi connectivity index (χ0v) is 15.7. The molecule has 6 heteroatoms. The lowest BCUT2D eigenvalue weighted by Crippen LogP contribution is -2.21. The third kappa shape index (κ3) is 2.99. The summed E-state index contributed by atoms with van der Waals surface area (Å²) in [6.45, 7) is 2.53. The first kappa shape index (κ1) is 17.3. The number of rotatable bonds is 3. The van der Waals surface area contributed by atoms with Crippen molar-refractivity contribution in [3.63, 3.8) is 0 Å². The molecule has 142 valence electrons. The van der Waals surface area contributed by atoms with Crippen molar-refractivity contribution in [1.82, 2.24) is 19.2 Å². The highest BCUT2D eigenvalue weighted by molar-refractivity contribution is 5.85. The molecule has 0 bridgehead atoms. The van der Waals surface area contributed by atoms with E-state index in [0.29, 0.717) is 23.1 Å². The molecule has 0 radical (unpaired) electrons. The number of nitrogens with zero attached hydrogens (tertiary/aromatic N) is 4. The van der Waals surface area contributed by atoms with E-state index in [4.69, 9.17) is 0 Å². The first-order chi connectivity index (χ1) is 14.1. The van der Waals surface area contributed by atoms with Gasteiger partial charge in [-0.15, -0.1) is 0 Å². The fourth-order valence-corrected chi connectivity index (χ4v) is 3.50. The largest absolute Gasteiger partial charge is 0.310 e. The highest BCUT2D eigenvalue weighted by atomic mass is 19.1. The Kier molecular flexibility index (Phi) is 3.98. The van der Waals surface area contributed by atoms with Crippen LogP contribution in [0.1, 0.15) is 11.1 Å². The monoisotopic (exact) mass is 384 g/mol. The zero-order valence-electron chi connectivity index (χ0n) is 15.7. The molecule has 0 aliphatic rings. The molecule has 0 saturated heterocycles. The van der Waals surface area contributed by atoms with Gasteiger partial charge in [0.2, 0.25) is 0 Å². The molecule has 3 heterocycles. The van der Waals surface area contributed by atoms with Crippen molar-refractivity contribution >= 4 is 16.6 Å². The van der Waals surface area contributed by atoms with Gasteiger partial charge in [-0.3, -0.25) is 4.79 Å². The number of aromatic nitrogens is 4. The Morgan fingerprint density at radius 3 is 2.48 bits per heavy atom. The number of aryl methyl sites for hydroxylation is 1. The quantitative estimate of drug-likeness (QED) is 0.468. The molecule has 5 aromatic rings. The Morgan fingerprint density at radius 2 is 1.72 bits per heavy atom. The molecule has 5 nitrogen and oxygen atoms in total. The molecule has 0 unspecified atom stereocenters. The molecule has 0 atom stereocenters. The molecule has 0 fully saturated rings. The van der Waals surface area contributed by atoms with Crippen molar-refractivity contribution in [3.05, 3.63) is 100 Å². The number of fused-ring (bicyclic) bond motifs is 3. The van der Waals surface area contributed by atoms with E-state index in [1.807, 2.05) is 37.3 Å². The highest BCUT2D eigenvalue weighted by Gasteiger charge is 2.13. The van der Waals surface area contributed by atoms with Crippen LogP contribution >= 0.6 is 0 Å². The van der Waals surface area contributed by atoms with Crippen LogP contribution in [-0.2, 0) is 6.54 Å². The van der Waals surface area contributed by atoms with Gasteiger partial charge >= 0.3 is 0 Å². The minimum atomic E-state index is -0.294. The summed E-state index contributed by atoms with van der Waals surface area (Å²) >= 11 is 0. The second kappa shape index (κ2) is 6.67. The van der Waals surface area contributed by atoms with Gasteiger partial charge in [0, 0.05) is 18.0 Å². The smallest absolute Gasteiger partial charge is 0.261 e. The second-order valence-electron chi connectivity index (χ2n) is 7.09.